The number of thioether (sulfide) groups is 1. The topological polar surface area (TPSA) is 15.6 Å². The van der Waals surface area contributed by atoms with Gasteiger partial charge >= 0.3 is 0 Å². The zero-order chi connectivity index (χ0) is 28.1. The maximum atomic E-state index is 12.1. The van der Waals surface area contributed by atoms with Gasteiger partial charge in [-0.15, -0.1) is 0 Å². The van der Waals surface area contributed by atoms with Gasteiger partial charge in [-0.1, -0.05) is 88.5 Å². The van der Waals surface area contributed by atoms with E-state index in [1.807, 2.05) is 53.7 Å². The molecular weight excluding hydrogens is 494 g/mol. The van der Waals surface area contributed by atoms with Crippen LogP contribution in [0.5, 0.6) is 0 Å². The van der Waals surface area contributed by atoms with E-state index in [0.717, 1.165) is 35.8 Å². The number of nitrogens with zero attached hydrogens (tertiary/aromatic N) is 2. The van der Waals surface area contributed by atoms with Crippen LogP contribution in [0.2, 0.25) is 5.02 Å². The number of fused-ring (bicyclic) bond motifs is 1. The summed E-state index contributed by atoms with van der Waals surface area (Å²) in [6.07, 6.45) is 7.77. The van der Waals surface area contributed by atoms with Gasteiger partial charge in [0.05, 0.1) is 12.7 Å². The summed E-state index contributed by atoms with van der Waals surface area (Å²) in [6, 6.07) is 5.82. The molecule has 0 atom stereocenters. The molecule has 2 aliphatic heterocycles. The lowest BCUT2D eigenvalue weighted by Crippen LogP contribution is -2.31. The molecule has 1 aromatic carbocycles. The summed E-state index contributed by atoms with van der Waals surface area (Å²) in [4.78, 5) is 8.10. The van der Waals surface area contributed by atoms with Gasteiger partial charge in [0.25, 0.3) is 0 Å². The summed E-state index contributed by atoms with van der Waals surface area (Å²) >= 11 is 7.05. The van der Waals surface area contributed by atoms with Crippen molar-refractivity contribution in [3.8, 4) is 0 Å². The summed E-state index contributed by atoms with van der Waals surface area (Å²) in [5.74, 6) is 0.745. The van der Waals surface area contributed by atoms with Crippen LogP contribution in [0.4, 0.5) is 8.78 Å². The minimum absolute atomic E-state index is 0.294. The van der Waals surface area contributed by atoms with Crippen LogP contribution in [-0.2, 0) is 0 Å². The van der Waals surface area contributed by atoms with E-state index < -0.39 is 6.17 Å². The zero-order valence-corrected chi connectivity index (χ0v) is 24.9. The minimum atomic E-state index is -0.667. The second-order valence-corrected chi connectivity index (χ2v) is 8.75. The first kappa shape index (κ1) is 36.0. The van der Waals surface area contributed by atoms with E-state index in [1.165, 1.54) is 43.7 Å². The van der Waals surface area contributed by atoms with Crippen molar-refractivity contribution >= 4 is 29.2 Å². The van der Waals surface area contributed by atoms with E-state index in [0.29, 0.717) is 5.02 Å². The Hall–Kier alpha value is -2.11. The normalized spacial score (nSPS) is 13.9. The van der Waals surface area contributed by atoms with E-state index in [-0.39, 0.29) is 5.82 Å². The molecule has 0 aliphatic carbocycles. The molecule has 0 spiro atoms. The van der Waals surface area contributed by atoms with Gasteiger partial charge in [-0.05, 0) is 75.3 Å². The van der Waals surface area contributed by atoms with E-state index in [2.05, 4.69) is 29.5 Å². The molecule has 0 saturated carbocycles. The molecule has 0 amide bonds. The van der Waals surface area contributed by atoms with Crippen molar-refractivity contribution in [2.45, 2.75) is 74.4 Å². The molecule has 2 aliphatic rings. The van der Waals surface area contributed by atoms with Crippen LogP contribution in [0, 0.1) is 5.82 Å². The fraction of sp³-hybridized carbons (Fsp3) is 0.433. The Balaban J connectivity index is 0. The molecule has 0 aromatic heterocycles. The number of aliphatic imine (C=N–C) groups is 1. The Morgan fingerprint density at radius 3 is 2.22 bits per heavy atom. The Morgan fingerprint density at radius 2 is 1.75 bits per heavy atom. The summed E-state index contributed by atoms with van der Waals surface area (Å²) in [6.45, 7) is 25.1. The number of allylic oxidation sites excluding steroid dienone is 4. The maximum absolute atomic E-state index is 12.1. The van der Waals surface area contributed by atoms with E-state index in [4.69, 9.17) is 16.6 Å². The van der Waals surface area contributed by atoms with Crippen LogP contribution in [0.3, 0.4) is 0 Å². The van der Waals surface area contributed by atoms with Gasteiger partial charge in [0.2, 0.25) is 0 Å². The molecular formula is C30H45ClF2N2S. The van der Waals surface area contributed by atoms with Crippen molar-refractivity contribution in [3.63, 3.8) is 0 Å². The fourth-order valence-electron chi connectivity index (χ4n) is 3.04. The lowest BCUT2D eigenvalue weighted by Gasteiger charge is -2.29. The SMILES string of the molecule is C=C(/C=C\C)C1=C2CCCN2C(C(=C)S/C=C\C)=NC1.CC.CC.CC(C)F.Fc1cccc(Cl)c1. The summed E-state index contributed by atoms with van der Waals surface area (Å²) in [5, 5.41) is 2.49. The monoisotopic (exact) mass is 538 g/mol. The number of hydrogen-bond donors (Lipinski definition) is 0. The average Bonchev–Trinajstić information content (AvgIpc) is 3.34. The van der Waals surface area contributed by atoms with Crippen LogP contribution < -0.4 is 0 Å². The van der Waals surface area contributed by atoms with Crippen LogP contribution in [-0.4, -0.2) is 30.0 Å². The van der Waals surface area contributed by atoms with Crippen LogP contribution in [0.1, 0.15) is 68.2 Å². The Labute approximate surface area is 228 Å². The second kappa shape index (κ2) is 22.1. The lowest BCUT2D eigenvalue weighted by molar-refractivity contribution is 0.391. The molecule has 0 N–H and O–H groups in total. The average molecular weight is 539 g/mol. The molecule has 1 fully saturated rings. The largest absolute Gasteiger partial charge is 0.329 e. The highest BCUT2D eigenvalue weighted by Gasteiger charge is 2.29. The fourth-order valence-corrected chi connectivity index (χ4v) is 3.80. The number of amidine groups is 1. The van der Waals surface area contributed by atoms with Gasteiger partial charge in [-0.25, -0.2) is 8.78 Å². The highest BCUT2D eigenvalue weighted by Crippen LogP contribution is 2.34. The first-order chi connectivity index (χ1) is 17.2. The van der Waals surface area contributed by atoms with Crippen molar-refractivity contribution < 1.29 is 8.78 Å². The Morgan fingerprint density at radius 1 is 1.14 bits per heavy atom. The number of alkyl halides is 1. The molecule has 3 rings (SSSR count). The molecule has 2 heterocycles. The van der Waals surface area contributed by atoms with Crippen molar-refractivity contribution in [1.29, 1.82) is 0 Å². The third-order valence-corrected chi connectivity index (χ3v) is 5.36. The molecule has 1 aromatic rings. The molecule has 0 bridgehead atoms. The highest BCUT2D eigenvalue weighted by molar-refractivity contribution is 8.06. The van der Waals surface area contributed by atoms with Gasteiger partial charge in [0, 0.05) is 22.2 Å². The van der Waals surface area contributed by atoms with Gasteiger partial charge in [-0.3, -0.25) is 4.99 Å². The van der Waals surface area contributed by atoms with Crippen molar-refractivity contribution in [1.82, 2.24) is 4.90 Å². The molecule has 0 radical (unpaired) electrons. The summed E-state index contributed by atoms with van der Waals surface area (Å²) in [5.41, 5.74) is 3.76. The Bertz CT molecular complexity index is 882. The summed E-state index contributed by atoms with van der Waals surface area (Å²) in [7, 11) is 0. The predicted molar refractivity (Wildman–Crippen MR) is 161 cm³/mol. The highest BCUT2D eigenvalue weighted by atomic mass is 35.5. The Kier molecular flexibility index (Phi) is 22.1. The smallest absolute Gasteiger partial charge is 0.141 e. The number of benzene rings is 1. The number of rotatable bonds is 5. The maximum Gasteiger partial charge on any atom is 0.141 e. The quantitative estimate of drug-likeness (QED) is 0.346. The summed E-state index contributed by atoms with van der Waals surface area (Å²) < 4.78 is 23.1. The lowest BCUT2D eigenvalue weighted by atomic mass is 10.0. The van der Waals surface area contributed by atoms with Gasteiger partial charge in [-0.2, -0.15) is 0 Å². The third kappa shape index (κ3) is 14.4. The zero-order valence-electron chi connectivity index (χ0n) is 23.4. The van der Waals surface area contributed by atoms with Crippen molar-refractivity contribution in [2.24, 2.45) is 4.99 Å². The van der Waals surface area contributed by atoms with E-state index >= 15 is 0 Å². The van der Waals surface area contributed by atoms with Gasteiger partial charge in [0.15, 0.2) is 0 Å². The van der Waals surface area contributed by atoms with Gasteiger partial charge in [0.1, 0.15) is 11.7 Å². The first-order valence-electron chi connectivity index (χ1n) is 12.6. The van der Waals surface area contributed by atoms with E-state index in [9.17, 15) is 8.78 Å². The predicted octanol–water partition coefficient (Wildman–Crippen LogP) is 10.6. The van der Waals surface area contributed by atoms with Crippen LogP contribution in [0.25, 0.3) is 0 Å². The van der Waals surface area contributed by atoms with Crippen LogP contribution in [0.15, 0.2) is 87.8 Å². The molecule has 202 valence electrons. The standard InChI is InChI=1S/C17H22N2S.C6H4ClF.C3H7F.2C2H6/c1-5-8-13(3)15-12-18-17(14(4)20-11-6-2)19-10-7-9-16(15)19;7-5-2-1-3-6(8)4-5;1-3(2)4;2*1-2/h5-6,8,11H,3-4,7,9-10,12H2,1-2H3;1-4H;3H,1-2H3;2*1-2H3/b8-5-,11-6-;;;;. The molecule has 0 unspecified atom stereocenters. The number of halogens is 3. The molecule has 1 saturated heterocycles. The van der Waals surface area contributed by atoms with Crippen molar-refractivity contribution in [2.75, 3.05) is 13.1 Å². The second-order valence-electron chi connectivity index (χ2n) is 7.31. The molecule has 6 heteroatoms. The third-order valence-electron chi connectivity index (χ3n) is 4.25. The molecule has 2 nitrogen and oxygen atoms in total. The first-order valence-corrected chi connectivity index (χ1v) is 13.8. The molecule has 36 heavy (non-hydrogen) atoms. The van der Waals surface area contributed by atoms with Gasteiger partial charge < -0.3 is 4.90 Å². The van der Waals surface area contributed by atoms with Crippen molar-refractivity contribution in [3.05, 3.63) is 93.6 Å². The van der Waals surface area contributed by atoms with Crippen LogP contribution >= 0.6 is 23.4 Å². The minimum Gasteiger partial charge on any atom is -0.329 e. The number of hydrogen-bond acceptors (Lipinski definition) is 3. The van der Waals surface area contributed by atoms with E-state index in [1.54, 1.807) is 23.9 Å².